The summed E-state index contributed by atoms with van der Waals surface area (Å²) >= 11 is 6.13. The quantitative estimate of drug-likeness (QED) is 0.907. The fraction of sp³-hybridized carbons (Fsp3) is 0.438. The first-order valence-corrected chi connectivity index (χ1v) is 7.96. The van der Waals surface area contributed by atoms with Crippen LogP contribution < -0.4 is 4.74 Å². The minimum atomic E-state index is -0.0214. The summed E-state index contributed by atoms with van der Waals surface area (Å²) in [6.45, 7) is 7.44. The molecule has 1 aliphatic heterocycles. The van der Waals surface area contributed by atoms with Crippen LogP contribution >= 0.6 is 11.6 Å². The van der Waals surface area contributed by atoms with Gasteiger partial charge < -0.3 is 9.84 Å². The molecule has 6 heteroatoms. The number of likely N-dealkylation sites (N-methyl/N-ethyl adjacent to an activating group) is 1. The zero-order valence-corrected chi connectivity index (χ0v) is 13.6. The van der Waals surface area contributed by atoms with E-state index in [2.05, 4.69) is 22.0 Å². The van der Waals surface area contributed by atoms with Crippen molar-refractivity contribution in [3.63, 3.8) is 0 Å². The average Bonchev–Trinajstić information content (AvgIpc) is 2.94. The molecule has 2 heterocycles. The van der Waals surface area contributed by atoms with E-state index in [0.29, 0.717) is 12.4 Å². The first kappa shape index (κ1) is 15.2. The van der Waals surface area contributed by atoms with E-state index in [9.17, 15) is 5.11 Å². The Kier molecular flexibility index (Phi) is 4.27. The number of H-pyrrole nitrogens is 1. The summed E-state index contributed by atoms with van der Waals surface area (Å²) in [5.41, 5.74) is 4.14. The minimum Gasteiger partial charge on any atom is -0.503 e. The second-order valence-corrected chi connectivity index (χ2v) is 5.79. The van der Waals surface area contributed by atoms with Crippen molar-refractivity contribution in [3.8, 4) is 22.8 Å². The third kappa shape index (κ3) is 2.66. The molecule has 2 aromatic rings. The number of hydrogen-bond acceptors (Lipinski definition) is 4. The Morgan fingerprint density at radius 2 is 2.23 bits per heavy atom. The molecule has 1 aromatic heterocycles. The molecule has 0 unspecified atom stereocenters. The third-order valence-electron chi connectivity index (χ3n) is 4.06. The molecule has 0 fully saturated rings. The Bertz CT molecular complexity index is 684. The van der Waals surface area contributed by atoms with Gasteiger partial charge in [-0.25, -0.2) is 0 Å². The Morgan fingerprint density at radius 3 is 2.95 bits per heavy atom. The number of hydrogen-bond donors (Lipinski definition) is 2. The number of halogens is 1. The Hall–Kier alpha value is -1.72. The van der Waals surface area contributed by atoms with E-state index < -0.39 is 0 Å². The molecule has 2 N–H and O–H groups in total. The highest BCUT2D eigenvalue weighted by atomic mass is 35.5. The predicted molar refractivity (Wildman–Crippen MR) is 86.5 cm³/mol. The molecule has 0 amide bonds. The van der Waals surface area contributed by atoms with Gasteiger partial charge in [-0.2, -0.15) is 5.10 Å². The molecule has 1 aromatic carbocycles. The molecule has 5 nitrogen and oxygen atoms in total. The molecule has 0 bridgehead atoms. The number of ether oxygens (including phenoxy) is 1. The van der Waals surface area contributed by atoms with Crippen LogP contribution in [0.4, 0.5) is 0 Å². The van der Waals surface area contributed by atoms with Gasteiger partial charge in [-0.1, -0.05) is 18.5 Å². The Balaban J connectivity index is 2.04. The van der Waals surface area contributed by atoms with Gasteiger partial charge in [0, 0.05) is 36.3 Å². The molecule has 0 aliphatic carbocycles. The van der Waals surface area contributed by atoms with Crippen LogP contribution in [-0.2, 0) is 13.0 Å². The van der Waals surface area contributed by atoms with Gasteiger partial charge in [0.1, 0.15) is 0 Å². The maximum absolute atomic E-state index is 9.98. The number of fused-ring (bicyclic) bond motifs is 1. The first-order chi connectivity index (χ1) is 10.6. The standard InChI is InChI=1S/C16H20ClN3O2/c1-3-20-6-5-13-11(9-20)15(19-18-13)10-7-12(17)16(21)14(8-10)22-4-2/h7-8,21H,3-6,9H2,1-2H3,(H,18,19). The van der Waals surface area contributed by atoms with Crippen molar-refractivity contribution in [1.82, 2.24) is 15.1 Å². The molecule has 0 atom stereocenters. The molecular formula is C16H20ClN3O2. The summed E-state index contributed by atoms with van der Waals surface area (Å²) in [5.74, 6) is 0.372. The van der Waals surface area contributed by atoms with Crippen LogP contribution in [0.5, 0.6) is 11.5 Å². The number of rotatable bonds is 4. The summed E-state index contributed by atoms with van der Waals surface area (Å²) in [6, 6.07) is 3.53. The van der Waals surface area contributed by atoms with E-state index in [1.54, 1.807) is 12.1 Å². The number of phenolic OH excluding ortho intramolecular Hbond substituents is 1. The number of phenols is 1. The lowest BCUT2D eigenvalue weighted by Crippen LogP contribution is -2.30. The van der Waals surface area contributed by atoms with Crippen molar-refractivity contribution in [2.75, 3.05) is 19.7 Å². The summed E-state index contributed by atoms with van der Waals surface area (Å²) < 4.78 is 5.46. The lowest BCUT2D eigenvalue weighted by molar-refractivity contribution is 0.267. The number of aromatic nitrogens is 2. The minimum absolute atomic E-state index is 0.0214. The van der Waals surface area contributed by atoms with Gasteiger partial charge in [0.05, 0.1) is 17.3 Å². The van der Waals surface area contributed by atoms with Crippen LogP contribution in [0.2, 0.25) is 5.02 Å². The van der Waals surface area contributed by atoms with Gasteiger partial charge in [0.15, 0.2) is 11.5 Å². The van der Waals surface area contributed by atoms with Crippen LogP contribution in [0.1, 0.15) is 25.1 Å². The number of aromatic amines is 1. The van der Waals surface area contributed by atoms with Gasteiger partial charge in [-0.15, -0.1) is 0 Å². The van der Waals surface area contributed by atoms with Crippen molar-refractivity contribution >= 4 is 11.6 Å². The molecule has 22 heavy (non-hydrogen) atoms. The van der Waals surface area contributed by atoms with Gasteiger partial charge >= 0.3 is 0 Å². The maximum Gasteiger partial charge on any atom is 0.176 e. The number of nitrogens with zero attached hydrogens (tertiary/aromatic N) is 2. The smallest absolute Gasteiger partial charge is 0.176 e. The molecular weight excluding hydrogens is 302 g/mol. The molecule has 0 saturated heterocycles. The third-order valence-corrected chi connectivity index (χ3v) is 4.35. The summed E-state index contributed by atoms with van der Waals surface area (Å²) in [6.07, 6.45) is 0.973. The van der Waals surface area contributed by atoms with Crippen LogP contribution in [-0.4, -0.2) is 39.9 Å². The van der Waals surface area contributed by atoms with Crippen LogP contribution in [0.25, 0.3) is 11.3 Å². The van der Waals surface area contributed by atoms with Crippen molar-refractivity contribution in [2.45, 2.75) is 26.8 Å². The zero-order chi connectivity index (χ0) is 15.7. The zero-order valence-electron chi connectivity index (χ0n) is 12.8. The number of benzene rings is 1. The maximum atomic E-state index is 9.98. The summed E-state index contributed by atoms with van der Waals surface area (Å²) in [7, 11) is 0. The first-order valence-electron chi connectivity index (χ1n) is 7.58. The summed E-state index contributed by atoms with van der Waals surface area (Å²) in [5, 5.41) is 17.8. The monoisotopic (exact) mass is 321 g/mol. The molecule has 0 radical (unpaired) electrons. The van der Waals surface area contributed by atoms with Crippen LogP contribution in [0.3, 0.4) is 0 Å². The lowest BCUT2D eigenvalue weighted by atomic mass is 10.0. The second-order valence-electron chi connectivity index (χ2n) is 5.39. The SMILES string of the molecule is CCOc1cc(-c2n[nH]c3c2CN(CC)CC3)cc(Cl)c1O. The molecule has 0 spiro atoms. The highest BCUT2D eigenvalue weighted by molar-refractivity contribution is 6.32. The van der Waals surface area contributed by atoms with Crippen molar-refractivity contribution in [1.29, 1.82) is 0 Å². The van der Waals surface area contributed by atoms with Crippen molar-refractivity contribution in [2.24, 2.45) is 0 Å². The summed E-state index contributed by atoms with van der Waals surface area (Å²) in [4.78, 5) is 2.38. The highest BCUT2D eigenvalue weighted by Gasteiger charge is 2.23. The highest BCUT2D eigenvalue weighted by Crippen LogP contribution is 2.39. The van der Waals surface area contributed by atoms with Gasteiger partial charge in [0.25, 0.3) is 0 Å². The molecule has 3 rings (SSSR count). The topological polar surface area (TPSA) is 61.4 Å². The van der Waals surface area contributed by atoms with E-state index in [-0.39, 0.29) is 10.8 Å². The lowest BCUT2D eigenvalue weighted by Gasteiger charge is -2.25. The second kappa shape index (κ2) is 6.18. The van der Waals surface area contributed by atoms with Gasteiger partial charge in [0.2, 0.25) is 0 Å². The molecule has 118 valence electrons. The Labute approximate surface area is 134 Å². The van der Waals surface area contributed by atoms with E-state index in [4.69, 9.17) is 16.3 Å². The van der Waals surface area contributed by atoms with Crippen LogP contribution in [0.15, 0.2) is 12.1 Å². The van der Waals surface area contributed by atoms with Crippen molar-refractivity contribution in [3.05, 3.63) is 28.4 Å². The molecule has 1 aliphatic rings. The fourth-order valence-corrected chi connectivity index (χ4v) is 3.05. The fourth-order valence-electron chi connectivity index (χ4n) is 2.84. The average molecular weight is 322 g/mol. The van der Waals surface area contributed by atoms with Gasteiger partial charge in [-0.05, 0) is 25.6 Å². The predicted octanol–water partition coefficient (Wildman–Crippen LogP) is 3.21. The van der Waals surface area contributed by atoms with E-state index in [1.807, 2.05) is 6.92 Å². The Morgan fingerprint density at radius 1 is 1.41 bits per heavy atom. The number of aromatic hydroxyl groups is 1. The van der Waals surface area contributed by atoms with E-state index >= 15 is 0 Å². The van der Waals surface area contributed by atoms with Gasteiger partial charge in [-0.3, -0.25) is 10.00 Å². The normalized spacial score (nSPS) is 14.9. The van der Waals surface area contributed by atoms with Crippen LogP contribution in [0, 0.1) is 0 Å². The molecule has 0 saturated carbocycles. The van der Waals surface area contributed by atoms with E-state index in [1.165, 1.54) is 11.3 Å². The van der Waals surface area contributed by atoms with E-state index in [0.717, 1.165) is 37.3 Å². The van der Waals surface area contributed by atoms with Crippen molar-refractivity contribution < 1.29 is 9.84 Å². The number of nitrogens with one attached hydrogen (secondary N) is 1. The largest absolute Gasteiger partial charge is 0.503 e.